The summed E-state index contributed by atoms with van der Waals surface area (Å²) in [7, 11) is 3.79. The van der Waals surface area contributed by atoms with E-state index in [0.29, 0.717) is 29.4 Å². The van der Waals surface area contributed by atoms with Gasteiger partial charge in [-0.1, -0.05) is 79.4 Å². The van der Waals surface area contributed by atoms with Crippen LogP contribution in [0.5, 0.6) is 0 Å². The minimum absolute atomic E-state index is 0.0881. The predicted molar refractivity (Wildman–Crippen MR) is 212 cm³/mol. The van der Waals surface area contributed by atoms with Crippen LogP contribution in [0.3, 0.4) is 0 Å². The second-order valence-corrected chi connectivity index (χ2v) is 19.2. The normalized spacial score (nSPS) is 34.0. The maximum atomic E-state index is 8.71. The number of aliphatic imine (C=N–C) groups is 1. The van der Waals surface area contributed by atoms with Gasteiger partial charge >= 0.3 is 0 Å². The summed E-state index contributed by atoms with van der Waals surface area (Å²) in [5.74, 6) is 7.17. The zero-order valence-corrected chi connectivity index (χ0v) is 34.7. The van der Waals surface area contributed by atoms with E-state index in [2.05, 4.69) is 83.2 Å². The van der Waals surface area contributed by atoms with E-state index in [4.69, 9.17) is 14.6 Å². The third-order valence-corrected chi connectivity index (χ3v) is 14.4. The van der Waals surface area contributed by atoms with E-state index in [9.17, 15) is 0 Å². The van der Waals surface area contributed by atoms with E-state index in [1.54, 1.807) is 12.6 Å². The maximum Gasteiger partial charge on any atom is 0.196 e. The van der Waals surface area contributed by atoms with Crippen LogP contribution < -0.4 is 0 Å². The van der Waals surface area contributed by atoms with Crippen molar-refractivity contribution in [3.05, 3.63) is 11.6 Å². The van der Waals surface area contributed by atoms with Crippen LogP contribution in [0.25, 0.3) is 0 Å². The maximum absolute atomic E-state index is 8.71. The molecule has 0 aromatic heterocycles. The van der Waals surface area contributed by atoms with Crippen molar-refractivity contribution in [2.75, 3.05) is 53.6 Å². The zero-order chi connectivity index (χ0) is 36.7. The number of guanidine groups is 1. The molecule has 1 aliphatic heterocycles. The molecule has 4 aliphatic carbocycles. The van der Waals surface area contributed by atoms with Gasteiger partial charge < -0.3 is 24.4 Å². The Labute approximate surface area is 309 Å². The number of hydrogen-bond donors (Lipinski definition) is 1. The zero-order valence-electron chi connectivity index (χ0n) is 34.7. The van der Waals surface area contributed by atoms with E-state index in [1.807, 2.05) is 7.05 Å². The molecule has 5 aliphatic rings. The van der Waals surface area contributed by atoms with Gasteiger partial charge in [-0.3, -0.25) is 4.99 Å². The molecule has 6 heteroatoms. The highest BCUT2D eigenvalue weighted by atomic mass is 16.5. The number of fused-ring (bicyclic) bond motifs is 5. The molecule has 1 N–H and O–H groups in total. The van der Waals surface area contributed by atoms with Crippen molar-refractivity contribution in [3.63, 3.8) is 0 Å². The third-order valence-electron chi connectivity index (χ3n) is 14.4. The fourth-order valence-corrected chi connectivity index (χ4v) is 11.3. The molecule has 0 amide bonds. The average Bonchev–Trinajstić information content (AvgIpc) is 3.59. The van der Waals surface area contributed by atoms with E-state index < -0.39 is 0 Å². The summed E-state index contributed by atoms with van der Waals surface area (Å²) in [6, 6.07) is 0. The van der Waals surface area contributed by atoms with E-state index in [-0.39, 0.29) is 12.2 Å². The molecular weight excluding hydrogens is 619 g/mol. The number of allylic oxidation sites excluding steroid dienone is 1. The van der Waals surface area contributed by atoms with Crippen LogP contribution in [0.1, 0.15) is 146 Å². The highest BCUT2D eigenvalue weighted by Gasteiger charge is 2.59. The molecule has 0 spiro atoms. The first-order valence-corrected chi connectivity index (χ1v) is 21.1. The van der Waals surface area contributed by atoms with Crippen LogP contribution in [-0.2, 0) is 9.47 Å². The Morgan fingerprint density at radius 2 is 1.68 bits per heavy atom. The number of hydrogen-bond acceptors (Lipinski definition) is 4. The Morgan fingerprint density at radius 1 is 0.940 bits per heavy atom. The summed E-state index contributed by atoms with van der Waals surface area (Å²) in [5, 5.41) is 8.71. The van der Waals surface area contributed by atoms with Crippen LogP contribution in [-0.4, -0.2) is 86.1 Å². The van der Waals surface area contributed by atoms with Gasteiger partial charge in [-0.25, -0.2) is 0 Å². The number of aliphatic hydroxyl groups is 1. The van der Waals surface area contributed by atoms with Crippen molar-refractivity contribution >= 4 is 5.96 Å². The fourth-order valence-electron chi connectivity index (χ4n) is 11.3. The van der Waals surface area contributed by atoms with Gasteiger partial charge in [0.2, 0.25) is 0 Å². The predicted octanol–water partition coefficient (Wildman–Crippen LogP) is 9.86. The first-order valence-electron chi connectivity index (χ1n) is 21.1. The van der Waals surface area contributed by atoms with E-state index in [0.717, 1.165) is 80.6 Å². The molecular formula is C44H81N3O3. The lowest BCUT2D eigenvalue weighted by Crippen LogP contribution is -2.51. The lowest BCUT2D eigenvalue weighted by atomic mass is 9.47. The first kappa shape index (κ1) is 41.6. The molecule has 0 aromatic rings. The summed E-state index contributed by atoms with van der Waals surface area (Å²) >= 11 is 0. The molecule has 0 bridgehead atoms. The highest BCUT2D eigenvalue weighted by Crippen LogP contribution is 2.67. The molecule has 0 radical (unpaired) electrons. The van der Waals surface area contributed by atoms with Crippen molar-refractivity contribution in [1.29, 1.82) is 0 Å². The van der Waals surface area contributed by atoms with Gasteiger partial charge in [-0.15, -0.1) is 0 Å². The van der Waals surface area contributed by atoms with Crippen LogP contribution >= 0.6 is 0 Å². The van der Waals surface area contributed by atoms with Crippen molar-refractivity contribution in [3.8, 4) is 0 Å². The quantitative estimate of drug-likeness (QED) is 0.173. The van der Waals surface area contributed by atoms with E-state index in [1.165, 1.54) is 70.6 Å². The third kappa shape index (κ3) is 10.1. The molecule has 3 saturated carbocycles. The molecule has 6 nitrogen and oxygen atoms in total. The van der Waals surface area contributed by atoms with Crippen LogP contribution in [0.4, 0.5) is 0 Å². The number of aliphatic hydroxyl groups excluding tert-OH is 1. The largest absolute Gasteiger partial charge is 0.395 e. The Hall–Kier alpha value is -1.11. The second kappa shape index (κ2) is 18.3. The van der Waals surface area contributed by atoms with Crippen LogP contribution in [0.2, 0.25) is 0 Å². The molecule has 4 fully saturated rings. The van der Waals surface area contributed by atoms with Crippen LogP contribution in [0.15, 0.2) is 16.6 Å². The summed E-state index contributed by atoms with van der Waals surface area (Å²) < 4.78 is 12.7. The van der Waals surface area contributed by atoms with Crippen molar-refractivity contribution in [2.24, 2.45) is 57.2 Å². The number of β-amino-alcohol motifs (C(OH)–C–C–N with tert-alkyl or cyclic N) is 1. The second-order valence-electron chi connectivity index (χ2n) is 19.2. The van der Waals surface area contributed by atoms with E-state index >= 15 is 0 Å². The van der Waals surface area contributed by atoms with Crippen molar-refractivity contribution < 1.29 is 14.6 Å². The topological polar surface area (TPSA) is 57.5 Å². The molecule has 8 unspecified atom stereocenters. The molecule has 1 heterocycles. The van der Waals surface area contributed by atoms with Crippen molar-refractivity contribution in [2.45, 2.75) is 157 Å². The van der Waals surface area contributed by atoms with Gasteiger partial charge in [-0.2, -0.15) is 0 Å². The Balaban J connectivity index is 0.000000435. The smallest absolute Gasteiger partial charge is 0.196 e. The van der Waals surface area contributed by atoms with Gasteiger partial charge in [0.1, 0.15) is 0 Å². The molecule has 290 valence electrons. The lowest BCUT2D eigenvalue weighted by molar-refractivity contribution is -0.0757. The number of rotatable bonds is 15. The van der Waals surface area contributed by atoms with Gasteiger partial charge in [-0.05, 0) is 130 Å². The standard InChI is InChI=1S/C37H66O2.C7H15N3O/c1-26(2)11-10-12-28(5)32-15-16-33-31-14-13-29-25-30(38-24-22-35(6,7)39-23-19-27(3)4)17-20-36(29,8)34(31)18-21-37(32,33)9;1-8-7-9(2)3-4-10(7)5-6-11/h13,26-28,30-34H,10-12,14-25H2,1-9H3;11H,3-6H2,1-2H3. The highest BCUT2D eigenvalue weighted by molar-refractivity contribution is 5.81. The van der Waals surface area contributed by atoms with Gasteiger partial charge in [0.25, 0.3) is 0 Å². The Bertz CT molecular complexity index is 1100. The van der Waals surface area contributed by atoms with Crippen LogP contribution in [0, 0.1) is 52.3 Å². The Kier molecular flexibility index (Phi) is 15.2. The molecule has 0 aromatic carbocycles. The Morgan fingerprint density at radius 3 is 2.36 bits per heavy atom. The number of likely N-dealkylation sites (N-methyl/N-ethyl adjacent to an activating group) is 1. The molecule has 8 atom stereocenters. The first-order chi connectivity index (χ1) is 23.6. The SMILES string of the molecule is CC(C)CCCC(C)C1CCC2C3CC=C4CC(OCCC(C)(C)OCCC(C)C)CCC4(C)C3CCC12C.CN=C1N(C)CCN1CCO. The number of nitrogens with zero attached hydrogens (tertiary/aromatic N) is 3. The number of ether oxygens (including phenoxy) is 2. The lowest BCUT2D eigenvalue weighted by Gasteiger charge is -2.58. The summed E-state index contributed by atoms with van der Waals surface area (Å²) in [5.41, 5.74) is 2.68. The van der Waals surface area contributed by atoms with Gasteiger partial charge in [0, 0.05) is 46.9 Å². The fraction of sp³-hybridized carbons (Fsp3) is 0.932. The summed E-state index contributed by atoms with van der Waals surface area (Å²) in [4.78, 5) is 8.30. The van der Waals surface area contributed by atoms with Gasteiger partial charge in [0.05, 0.1) is 18.3 Å². The minimum Gasteiger partial charge on any atom is -0.395 e. The summed E-state index contributed by atoms with van der Waals surface area (Å²) in [6.45, 7) is 26.3. The monoisotopic (exact) mass is 700 g/mol. The van der Waals surface area contributed by atoms with Crippen molar-refractivity contribution in [1.82, 2.24) is 9.80 Å². The summed E-state index contributed by atoms with van der Waals surface area (Å²) in [6.07, 6.45) is 20.6. The average molecular weight is 700 g/mol. The molecule has 50 heavy (non-hydrogen) atoms. The minimum atomic E-state index is -0.0881. The van der Waals surface area contributed by atoms with Gasteiger partial charge in [0.15, 0.2) is 5.96 Å². The molecule has 1 saturated heterocycles. The molecule has 5 rings (SSSR count).